The van der Waals surface area contributed by atoms with Gasteiger partial charge in [-0.05, 0) is 53.7 Å². The maximum absolute atomic E-state index is 5.37. The minimum absolute atomic E-state index is 0.287. The molecule has 1 aromatic rings. The molecule has 1 aliphatic carbocycles. The first-order chi connectivity index (χ1) is 8.35. The third-order valence-corrected chi connectivity index (χ3v) is 4.34. The molecule has 2 rings (SSSR count). The van der Waals surface area contributed by atoms with Crippen LogP contribution in [0.4, 0.5) is 0 Å². The van der Waals surface area contributed by atoms with E-state index >= 15 is 0 Å². The molecule has 1 saturated carbocycles. The molecule has 1 nitrogen and oxygen atoms in total. The van der Waals surface area contributed by atoms with Crippen LogP contribution in [0.15, 0.2) is 24.3 Å². The molecule has 0 spiro atoms. The summed E-state index contributed by atoms with van der Waals surface area (Å²) in [7, 11) is 1.74. The molecule has 0 aromatic heterocycles. The summed E-state index contributed by atoms with van der Waals surface area (Å²) in [5, 5.41) is 0. The third kappa shape index (κ3) is 2.71. The highest BCUT2D eigenvalue weighted by molar-refractivity contribution is 5.34. The fourth-order valence-electron chi connectivity index (χ4n) is 4.20. The predicted octanol–water partition coefficient (Wildman–Crippen LogP) is 4.80. The van der Waals surface area contributed by atoms with E-state index in [1.807, 2.05) is 6.07 Å². The molecule has 2 unspecified atom stereocenters. The summed E-state index contributed by atoms with van der Waals surface area (Å²) in [6.45, 7) is 9.61. The second kappa shape index (κ2) is 4.60. The van der Waals surface area contributed by atoms with Crippen LogP contribution in [0.1, 0.15) is 52.5 Å². The van der Waals surface area contributed by atoms with Crippen molar-refractivity contribution in [3.8, 4) is 5.75 Å². The molecule has 0 N–H and O–H groups in total. The van der Waals surface area contributed by atoms with Crippen molar-refractivity contribution in [2.24, 2.45) is 11.3 Å². The van der Waals surface area contributed by atoms with Crippen LogP contribution >= 0.6 is 0 Å². The maximum atomic E-state index is 5.37. The Morgan fingerprint density at radius 2 is 1.89 bits per heavy atom. The zero-order valence-electron chi connectivity index (χ0n) is 12.4. The van der Waals surface area contributed by atoms with E-state index in [-0.39, 0.29) is 5.41 Å². The number of rotatable bonds is 2. The molecule has 1 heteroatoms. The number of hydrogen-bond acceptors (Lipinski definition) is 1. The fourth-order valence-corrected chi connectivity index (χ4v) is 4.20. The van der Waals surface area contributed by atoms with E-state index < -0.39 is 0 Å². The van der Waals surface area contributed by atoms with E-state index in [0.29, 0.717) is 5.41 Å². The lowest BCUT2D eigenvalue weighted by Crippen LogP contribution is -2.37. The van der Waals surface area contributed by atoms with Gasteiger partial charge >= 0.3 is 0 Å². The van der Waals surface area contributed by atoms with Gasteiger partial charge < -0.3 is 4.74 Å². The maximum Gasteiger partial charge on any atom is 0.119 e. The molecule has 2 atom stereocenters. The van der Waals surface area contributed by atoms with Crippen molar-refractivity contribution in [2.45, 2.75) is 52.4 Å². The summed E-state index contributed by atoms with van der Waals surface area (Å²) in [5.74, 6) is 1.77. The van der Waals surface area contributed by atoms with Crippen molar-refractivity contribution in [3.63, 3.8) is 0 Å². The monoisotopic (exact) mass is 246 g/mol. The molecule has 0 aliphatic heterocycles. The van der Waals surface area contributed by atoms with Gasteiger partial charge in [-0.3, -0.25) is 0 Å². The van der Waals surface area contributed by atoms with Crippen LogP contribution in [0.2, 0.25) is 0 Å². The number of hydrogen-bond donors (Lipinski definition) is 0. The highest BCUT2D eigenvalue weighted by Crippen LogP contribution is 2.50. The van der Waals surface area contributed by atoms with Crippen LogP contribution in [-0.2, 0) is 5.41 Å². The minimum atomic E-state index is 0.287. The molecule has 0 radical (unpaired) electrons. The Labute approximate surface area is 112 Å². The van der Waals surface area contributed by atoms with E-state index in [0.717, 1.165) is 11.7 Å². The summed E-state index contributed by atoms with van der Waals surface area (Å²) in [6, 6.07) is 8.63. The lowest BCUT2D eigenvalue weighted by Gasteiger charge is -2.46. The molecule has 0 heterocycles. The first-order valence-corrected chi connectivity index (χ1v) is 6.99. The standard InChI is InChI=1S/C17H26O/c1-13-10-16(2,3)12-17(4,11-13)14-7-6-8-15(9-14)18-5/h6-9,13H,10-12H2,1-5H3. The van der Waals surface area contributed by atoms with Crippen molar-refractivity contribution < 1.29 is 4.74 Å². The van der Waals surface area contributed by atoms with Gasteiger partial charge in [0.15, 0.2) is 0 Å². The van der Waals surface area contributed by atoms with Crippen LogP contribution in [0.3, 0.4) is 0 Å². The average molecular weight is 246 g/mol. The first kappa shape index (κ1) is 13.5. The van der Waals surface area contributed by atoms with Crippen molar-refractivity contribution in [1.82, 2.24) is 0 Å². The Morgan fingerprint density at radius 3 is 2.50 bits per heavy atom. The molecule has 0 amide bonds. The minimum Gasteiger partial charge on any atom is -0.497 e. The van der Waals surface area contributed by atoms with E-state index in [9.17, 15) is 0 Å². The van der Waals surface area contributed by atoms with Gasteiger partial charge in [0.25, 0.3) is 0 Å². The molecular formula is C17H26O. The number of methoxy groups -OCH3 is 1. The normalized spacial score (nSPS) is 31.1. The van der Waals surface area contributed by atoms with Gasteiger partial charge in [-0.2, -0.15) is 0 Å². The lowest BCUT2D eigenvalue weighted by molar-refractivity contribution is 0.115. The molecule has 1 aliphatic rings. The van der Waals surface area contributed by atoms with Crippen molar-refractivity contribution in [1.29, 1.82) is 0 Å². The van der Waals surface area contributed by atoms with Crippen molar-refractivity contribution in [2.75, 3.05) is 7.11 Å². The molecule has 100 valence electrons. The Bertz CT molecular complexity index is 421. The summed E-state index contributed by atoms with van der Waals surface area (Å²) in [6.07, 6.45) is 3.88. The lowest BCUT2D eigenvalue weighted by atomic mass is 9.59. The summed E-state index contributed by atoms with van der Waals surface area (Å²) in [5.41, 5.74) is 2.16. The van der Waals surface area contributed by atoms with Gasteiger partial charge in [-0.15, -0.1) is 0 Å². The zero-order chi connectivity index (χ0) is 13.4. The van der Waals surface area contributed by atoms with Crippen molar-refractivity contribution >= 4 is 0 Å². The highest BCUT2D eigenvalue weighted by atomic mass is 16.5. The first-order valence-electron chi connectivity index (χ1n) is 6.99. The molecule has 1 aromatic carbocycles. The fraction of sp³-hybridized carbons (Fsp3) is 0.647. The molecule has 0 bridgehead atoms. The Balaban J connectivity index is 2.34. The molecular weight excluding hydrogens is 220 g/mol. The summed E-state index contributed by atoms with van der Waals surface area (Å²) < 4.78 is 5.37. The van der Waals surface area contributed by atoms with E-state index in [1.54, 1.807) is 7.11 Å². The van der Waals surface area contributed by atoms with Crippen LogP contribution in [0, 0.1) is 11.3 Å². The largest absolute Gasteiger partial charge is 0.497 e. The Morgan fingerprint density at radius 1 is 1.17 bits per heavy atom. The van der Waals surface area contributed by atoms with Crippen LogP contribution in [0.25, 0.3) is 0 Å². The van der Waals surface area contributed by atoms with Crippen LogP contribution in [-0.4, -0.2) is 7.11 Å². The summed E-state index contributed by atoms with van der Waals surface area (Å²) >= 11 is 0. The van der Waals surface area contributed by atoms with E-state index in [2.05, 4.69) is 45.9 Å². The summed E-state index contributed by atoms with van der Waals surface area (Å²) in [4.78, 5) is 0. The average Bonchev–Trinajstić information content (AvgIpc) is 2.26. The van der Waals surface area contributed by atoms with Gasteiger partial charge in [0, 0.05) is 0 Å². The SMILES string of the molecule is COc1cccc(C2(C)CC(C)CC(C)(C)C2)c1. The van der Waals surface area contributed by atoms with Gasteiger partial charge in [0.1, 0.15) is 5.75 Å². The van der Waals surface area contributed by atoms with Crippen molar-refractivity contribution in [3.05, 3.63) is 29.8 Å². The molecule has 1 fully saturated rings. The Kier molecular flexibility index (Phi) is 3.44. The van der Waals surface area contributed by atoms with Gasteiger partial charge in [0.2, 0.25) is 0 Å². The van der Waals surface area contributed by atoms with E-state index in [1.165, 1.54) is 24.8 Å². The zero-order valence-corrected chi connectivity index (χ0v) is 12.4. The second-order valence-corrected chi connectivity index (χ2v) is 7.15. The van der Waals surface area contributed by atoms with Gasteiger partial charge in [-0.1, -0.05) is 39.8 Å². The van der Waals surface area contributed by atoms with Crippen LogP contribution < -0.4 is 4.74 Å². The third-order valence-electron chi connectivity index (χ3n) is 4.34. The molecule has 18 heavy (non-hydrogen) atoms. The quantitative estimate of drug-likeness (QED) is 0.728. The second-order valence-electron chi connectivity index (χ2n) is 7.15. The highest BCUT2D eigenvalue weighted by Gasteiger charge is 2.40. The number of benzene rings is 1. The smallest absolute Gasteiger partial charge is 0.119 e. The molecule has 0 saturated heterocycles. The van der Waals surface area contributed by atoms with Gasteiger partial charge in [-0.25, -0.2) is 0 Å². The van der Waals surface area contributed by atoms with E-state index in [4.69, 9.17) is 4.74 Å². The topological polar surface area (TPSA) is 9.23 Å². The Hall–Kier alpha value is -0.980. The van der Waals surface area contributed by atoms with Crippen LogP contribution in [0.5, 0.6) is 5.75 Å². The van der Waals surface area contributed by atoms with Gasteiger partial charge in [0.05, 0.1) is 7.11 Å². The number of ether oxygens (including phenoxy) is 1. The predicted molar refractivity (Wildman–Crippen MR) is 77.1 cm³/mol.